The summed E-state index contributed by atoms with van der Waals surface area (Å²) in [6, 6.07) is 5.97. The second-order valence-electron chi connectivity index (χ2n) is 8.70. The van der Waals surface area contributed by atoms with Crippen molar-refractivity contribution in [2.45, 2.75) is 70.9 Å². The minimum absolute atomic E-state index is 0.256. The molecule has 1 aromatic rings. The van der Waals surface area contributed by atoms with Crippen LogP contribution in [-0.4, -0.2) is 37.3 Å². The summed E-state index contributed by atoms with van der Waals surface area (Å²) in [4.78, 5) is 14.1. The zero-order valence-corrected chi connectivity index (χ0v) is 17.5. The quantitative estimate of drug-likeness (QED) is 0.672. The van der Waals surface area contributed by atoms with Gasteiger partial charge in [-0.25, -0.2) is 0 Å². The van der Waals surface area contributed by atoms with Crippen LogP contribution in [0, 0.1) is 11.8 Å². The number of piperidine rings is 1. The average Bonchev–Trinajstić information content (AvgIpc) is 2.71. The van der Waals surface area contributed by atoms with Gasteiger partial charge in [0.05, 0.1) is 20.2 Å². The highest BCUT2D eigenvalue weighted by molar-refractivity contribution is 5.76. The molecule has 1 aromatic carbocycles. The Bertz CT molecular complexity index is 643. The van der Waals surface area contributed by atoms with Crippen molar-refractivity contribution in [3.8, 4) is 11.5 Å². The Hall–Kier alpha value is -1.75. The van der Waals surface area contributed by atoms with E-state index in [9.17, 15) is 9.90 Å². The Balaban J connectivity index is 1.50. The Morgan fingerprint density at radius 3 is 2.68 bits per heavy atom. The van der Waals surface area contributed by atoms with Gasteiger partial charge < -0.3 is 20.1 Å². The van der Waals surface area contributed by atoms with Crippen LogP contribution in [0.5, 0.6) is 11.5 Å². The number of phenols is 1. The lowest BCUT2D eigenvalue weighted by Gasteiger charge is -2.36. The summed E-state index contributed by atoms with van der Waals surface area (Å²) >= 11 is 0. The summed E-state index contributed by atoms with van der Waals surface area (Å²) in [7, 11) is 1.61. The van der Waals surface area contributed by atoms with Gasteiger partial charge in [0.2, 0.25) is 5.91 Å². The van der Waals surface area contributed by atoms with Gasteiger partial charge in [-0.2, -0.15) is 0 Å². The smallest absolute Gasteiger partial charge is 0.220 e. The second kappa shape index (κ2) is 10.1. The van der Waals surface area contributed by atoms with Gasteiger partial charge in [0.1, 0.15) is 18.0 Å². The van der Waals surface area contributed by atoms with Gasteiger partial charge in [-0.3, -0.25) is 4.79 Å². The third-order valence-electron chi connectivity index (χ3n) is 6.76. The van der Waals surface area contributed by atoms with E-state index in [4.69, 9.17) is 4.74 Å². The van der Waals surface area contributed by atoms with Crippen LogP contribution < -0.4 is 15.0 Å². The van der Waals surface area contributed by atoms with E-state index in [0.717, 1.165) is 50.9 Å². The average molecular weight is 390 g/mol. The van der Waals surface area contributed by atoms with Crippen LogP contribution in [-0.2, 0) is 11.3 Å². The van der Waals surface area contributed by atoms with Crippen molar-refractivity contribution in [1.82, 2.24) is 5.32 Å². The first-order valence-corrected chi connectivity index (χ1v) is 11.1. The lowest BCUT2D eigenvalue weighted by atomic mass is 9.81. The number of carbonyl (C=O) groups excluding carboxylic acids is 1. The Morgan fingerprint density at radius 2 is 2.00 bits per heavy atom. The molecule has 5 heteroatoms. The summed E-state index contributed by atoms with van der Waals surface area (Å²) in [6.45, 7) is 5.20. The topological polar surface area (TPSA) is 63.0 Å². The number of rotatable bonds is 7. The molecule has 0 radical (unpaired) electrons. The molecule has 0 spiro atoms. The number of carbonyl (C=O) groups is 1. The number of hydrogen-bond acceptors (Lipinski definition) is 3. The molecule has 5 nitrogen and oxygen atoms in total. The third-order valence-corrected chi connectivity index (χ3v) is 6.76. The molecule has 156 valence electrons. The minimum Gasteiger partial charge on any atom is -0.507 e. The van der Waals surface area contributed by atoms with Crippen molar-refractivity contribution >= 4 is 5.91 Å². The summed E-state index contributed by atoms with van der Waals surface area (Å²) < 4.78 is 5.18. The first kappa shape index (κ1) is 21.0. The minimum atomic E-state index is 0.256. The number of aromatic hydroxyl groups is 1. The fraction of sp³-hybridized carbons (Fsp3) is 0.696. The predicted molar refractivity (Wildman–Crippen MR) is 111 cm³/mol. The van der Waals surface area contributed by atoms with Gasteiger partial charge in [-0.15, -0.1) is 0 Å². The lowest BCUT2D eigenvalue weighted by Crippen LogP contribution is -3.12. The molecule has 3 N–H and O–H groups in total. The van der Waals surface area contributed by atoms with E-state index in [-0.39, 0.29) is 5.91 Å². The first-order valence-electron chi connectivity index (χ1n) is 11.1. The molecule has 3 atom stereocenters. The Labute approximate surface area is 169 Å². The van der Waals surface area contributed by atoms with Crippen LogP contribution in [0.2, 0.25) is 0 Å². The Kier molecular flexibility index (Phi) is 7.60. The van der Waals surface area contributed by atoms with Crippen LogP contribution in [0.25, 0.3) is 0 Å². The number of amides is 1. The number of methoxy groups -OCH3 is 1. The maximum Gasteiger partial charge on any atom is 0.220 e. The standard InChI is InChI=1S/C23H36N2O3/c1-3-17-15-25(16-19-9-10-21(28-2)14-22(19)26)12-11-18(17)13-23(27)24-20-7-5-4-6-8-20/h9-10,14,17-18,20,26H,3-8,11-13,15-16H2,1-2H3,(H,24,27)/p+1/t17-,18-/m0/s1. The Morgan fingerprint density at radius 1 is 1.21 bits per heavy atom. The van der Waals surface area contributed by atoms with Crippen molar-refractivity contribution < 1.29 is 19.5 Å². The zero-order chi connectivity index (χ0) is 19.9. The number of hydrogen-bond donors (Lipinski definition) is 3. The van der Waals surface area contributed by atoms with Gasteiger partial charge in [0.15, 0.2) is 0 Å². The molecule has 2 fully saturated rings. The van der Waals surface area contributed by atoms with Crippen LogP contribution >= 0.6 is 0 Å². The normalized spacial score (nSPS) is 26.0. The number of phenolic OH excluding ortho intramolecular Hbond substituents is 1. The molecule has 3 rings (SSSR count). The van der Waals surface area contributed by atoms with Crippen LogP contribution in [0.3, 0.4) is 0 Å². The van der Waals surface area contributed by atoms with Crippen molar-refractivity contribution in [3.63, 3.8) is 0 Å². The second-order valence-corrected chi connectivity index (χ2v) is 8.70. The van der Waals surface area contributed by atoms with E-state index in [1.54, 1.807) is 13.2 Å². The van der Waals surface area contributed by atoms with E-state index < -0.39 is 0 Å². The summed E-state index contributed by atoms with van der Waals surface area (Å²) in [5.41, 5.74) is 0.971. The molecular weight excluding hydrogens is 352 g/mol. The summed E-state index contributed by atoms with van der Waals surface area (Å²) in [5, 5.41) is 13.5. The van der Waals surface area contributed by atoms with Crippen molar-refractivity contribution in [2.75, 3.05) is 20.2 Å². The van der Waals surface area contributed by atoms with Crippen LogP contribution in [0.15, 0.2) is 18.2 Å². The van der Waals surface area contributed by atoms with Gasteiger partial charge in [0.25, 0.3) is 0 Å². The van der Waals surface area contributed by atoms with Crippen molar-refractivity contribution in [1.29, 1.82) is 0 Å². The van der Waals surface area contributed by atoms with Gasteiger partial charge in [-0.1, -0.05) is 26.2 Å². The van der Waals surface area contributed by atoms with E-state index in [1.807, 2.05) is 12.1 Å². The molecule has 1 aliphatic heterocycles. The number of nitrogens with one attached hydrogen (secondary N) is 2. The molecule has 2 aliphatic rings. The van der Waals surface area contributed by atoms with E-state index in [0.29, 0.717) is 35.8 Å². The highest BCUT2D eigenvalue weighted by Gasteiger charge is 2.33. The molecule has 1 heterocycles. The number of ether oxygens (including phenoxy) is 1. The molecule has 0 bridgehead atoms. The molecule has 1 saturated carbocycles. The molecular formula is C23H37N2O3+. The maximum atomic E-state index is 12.6. The molecule has 1 saturated heterocycles. The van der Waals surface area contributed by atoms with Crippen LogP contribution in [0.1, 0.15) is 63.9 Å². The fourth-order valence-corrected chi connectivity index (χ4v) is 5.03. The molecule has 0 aromatic heterocycles. The van der Waals surface area contributed by atoms with Crippen LogP contribution in [0.4, 0.5) is 0 Å². The maximum absolute atomic E-state index is 12.6. The first-order chi connectivity index (χ1) is 13.6. The van der Waals surface area contributed by atoms with Gasteiger partial charge in [-0.05, 0) is 37.3 Å². The summed E-state index contributed by atoms with van der Waals surface area (Å²) in [6.07, 6.45) is 8.99. The monoisotopic (exact) mass is 389 g/mol. The van der Waals surface area contributed by atoms with E-state index >= 15 is 0 Å². The lowest BCUT2D eigenvalue weighted by molar-refractivity contribution is -0.923. The SMILES string of the molecule is CC[C@H]1C[NH+](Cc2ccc(OC)cc2O)CC[C@H]1CC(=O)NC1CCCCC1. The molecule has 1 unspecified atom stereocenters. The number of benzene rings is 1. The van der Waals surface area contributed by atoms with Gasteiger partial charge >= 0.3 is 0 Å². The third kappa shape index (κ3) is 5.63. The molecule has 1 aliphatic carbocycles. The number of quaternary nitrogens is 1. The van der Waals surface area contributed by atoms with E-state index in [2.05, 4.69) is 12.2 Å². The van der Waals surface area contributed by atoms with Crippen molar-refractivity contribution in [3.05, 3.63) is 23.8 Å². The highest BCUT2D eigenvalue weighted by Crippen LogP contribution is 2.26. The molecule has 1 amide bonds. The van der Waals surface area contributed by atoms with Gasteiger partial charge in [0, 0.05) is 36.4 Å². The zero-order valence-electron chi connectivity index (χ0n) is 17.5. The number of likely N-dealkylation sites (tertiary alicyclic amines) is 1. The highest BCUT2D eigenvalue weighted by atomic mass is 16.5. The van der Waals surface area contributed by atoms with E-state index in [1.165, 1.54) is 24.2 Å². The largest absolute Gasteiger partial charge is 0.507 e. The summed E-state index contributed by atoms with van der Waals surface area (Å²) in [5.74, 6) is 2.31. The van der Waals surface area contributed by atoms with Crippen molar-refractivity contribution in [2.24, 2.45) is 11.8 Å². The molecule has 28 heavy (non-hydrogen) atoms. The fourth-order valence-electron chi connectivity index (χ4n) is 5.03. The predicted octanol–water partition coefficient (Wildman–Crippen LogP) is 2.67.